The maximum absolute atomic E-state index is 12.1. The molecule has 0 radical (unpaired) electrons. The fourth-order valence-electron chi connectivity index (χ4n) is 2.18. The van der Waals surface area contributed by atoms with Gasteiger partial charge in [-0.2, -0.15) is 0 Å². The fourth-order valence-corrected chi connectivity index (χ4v) is 2.44. The summed E-state index contributed by atoms with van der Waals surface area (Å²) in [5.74, 6) is 0.627. The molecule has 1 aliphatic carbocycles. The van der Waals surface area contributed by atoms with Crippen LogP contribution in [-0.4, -0.2) is 23.4 Å². The molecule has 19 heavy (non-hydrogen) atoms. The molecular weight excluding hydrogens is 306 g/mol. The SMILES string of the molecule is CC1(Cc2ccc(Br)cc2)NC(=NC2CC2)NC1=O. The van der Waals surface area contributed by atoms with Crippen LogP contribution in [0.4, 0.5) is 0 Å². The van der Waals surface area contributed by atoms with Crippen LogP contribution >= 0.6 is 15.9 Å². The minimum Gasteiger partial charge on any atom is -0.342 e. The average molecular weight is 322 g/mol. The summed E-state index contributed by atoms with van der Waals surface area (Å²) in [7, 11) is 0. The quantitative estimate of drug-likeness (QED) is 0.894. The number of carbonyl (C=O) groups is 1. The average Bonchev–Trinajstić information content (AvgIpc) is 3.11. The molecule has 1 aliphatic heterocycles. The van der Waals surface area contributed by atoms with Crippen molar-refractivity contribution in [3.63, 3.8) is 0 Å². The molecule has 2 N–H and O–H groups in total. The van der Waals surface area contributed by atoms with Gasteiger partial charge in [0.1, 0.15) is 5.54 Å². The lowest BCUT2D eigenvalue weighted by molar-refractivity contribution is -0.123. The molecule has 4 nitrogen and oxygen atoms in total. The van der Waals surface area contributed by atoms with Crippen LogP contribution in [0.25, 0.3) is 0 Å². The molecule has 0 spiro atoms. The van der Waals surface area contributed by atoms with E-state index in [1.807, 2.05) is 31.2 Å². The summed E-state index contributed by atoms with van der Waals surface area (Å²) in [6.45, 7) is 1.92. The lowest BCUT2D eigenvalue weighted by Gasteiger charge is -2.21. The maximum atomic E-state index is 12.1. The minimum absolute atomic E-state index is 0.00480. The molecule has 100 valence electrons. The van der Waals surface area contributed by atoms with E-state index in [9.17, 15) is 4.79 Å². The Morgan fingerprint density at radius 2 is 2.05 bits per heavy atom. The van der Waals surface area contributed by atoms with E-state index in [1.165, 1.54) is 0 Å². The lowest BCUT2D eigenvalue weighted by Crippen LogP contribution is -2.45. The van der Waals surface area contributed by atoms with Crippen molar-refractivity contribution >= 4 is 27.8 Å². The van der Waals surface area contributed by atoms with Crippen molar-refractivity contribution in [1.82, 2.24) is 10.6 Å². The van der Waals surface area contributed by atoms with Crippen molar-refractivity contribution in [1.29, 1.82) is 0 Å². The number of hydrogen-bond acceptors (Lipinski definition) is 2. The highest BCUT2D eigenvalue weighted by atomic mass is 79.9. The van der Waals surface area contributed by atoms with Gasteiger partial charge in [0.25, 0.3) is 5.91 Å². The Labute approximate surface area is 120 Å². The smallest absolute Gasteiger partial charge is 0.252 e. The van der Waals surface area contributed by atoms with Gasteiger partial charge in [-0.25, -0.2) is 4.99 Å². The molecular formula is C14H16BrN3O. The van der Waals surface area contributed by atoms with E-state index in [1.54, 1.807) is 0 Å². The van der Waals surface area contributed by atoms with Gasteiger partial charge in [0, 0.05) is 10.9 Å². The largest absolute Gasteiger partial charge is 0.342 e. The molecule has 3 rings (SSSR count). The molecule has 1 unspecified atom stereocenters. The summed E-state index contributed by atoms with van der Waals surface area (Å²) in [6, 6.07) is 8.44. The topological polar surface area (TPSA) is 53.5 Å². The van der Waals surface area contributed by atoms with Gasteiger partial charge < -0.3 is 5.32 Å². The third-order valence-electron chi connectivity index (χ3n) is 3.46. The Kier molecular flexibility index (Phi) is 3.09. The highest BCUT2D eigenvalue weighted by molar-refractivity contribution is 9.10. The van der Waals surface area contributed by atoms with Crippen molar-refractivity contribution in [3.05, 3.63) is 34.3 Å². The van der Waals surface area contributed by atoms with Gasteiger partial charge >= 0.3 is 0 Å². The number of halogens is 1. The molecule has 2 aliphatic rings. The number of aliphatic imine (C=N–C) groups is 1. The molecule has 1 atom stereocenters. The van der Waals surface area contributed by atoms with E-state index in [-0.39, 0.29) is 5.91 Å². The number of hydrogen-bond donors (Lipinski definition) is 2. The first-order valence-corrected chi connectivity index (χ1v) is 7.26. The Morgan fingerprint density at radius 1 is 1.37 bits per heavy atom. The number of nitrogens with zero attached hydrogens (tertiary/aromatic N) is 1. The second-order valence-corrected chi connectivity index (χ2v) is 6.34. The zero-order chi connectivity index (χ0) is 13.5. The van der Waals surface area contributed by atoms with Crippen LogP contribution in [0.2, 0.25) is 0 Å². The summed E-state index contributed by atoms with van der Waals surface area (Å²) in [5, 5.41) is 6.07. The van der Waals surface area contributed by atoms with E-state index >= 15 is 0 Å². The number of guanidine groups is 1. The van der Waals surface area contributed by atoms with E-state index in [0.29, 0.717) is 18.4 Å². The molecule has 1 heterocycles. The molecule has 1 saturated carbocycles. The molecule has 2 fully saturated rings. The van der Waals surface area contributed by atoms with Crippen LogP contribution in [0, 0.1) is 0 Å². The Balaban J connectivity index is 1.75. The first-order chi connectivity index (χ1) is 9.05. The van der Waals surface area contributed by atoms with Crippen molar-refractivity contribution in [2.45, 2.75) is 37.8 Å². The lowest BCUT2D eigenvalue weighted by atomic mass is 9.93. The van der Waals surface area contributed by atoms with Crippen LogP contribution in [0.3, 0.4) is 0 Å². The number of rotatable bonds is 3. The molecule has 1 aromatic rings. The number of amides is 1. The van der Waals surface area contributed by atoms with Crippen LogP contribution < -0.4 is 10.6 Å². The zero-order valence-electron chi connectivity index (χ0n) is 10.7. The van der Waals surface area contributed by atoms with Crippen LogP contribution in [0.1, 0.15) is 25.3 Å². The van der Waals surface area contributed by atoms with Gasteiger partial charge in [0.2, 0.25) is 0 Å². The molecule has 0 bridgehead atoms. The van der Waals surface area contributed by atoms with Crippen molar-refractivity contribution in [2.75, 3.05) is 0 Å². The molecule has 1 aromatic carbocycles. The molecule has 0 aromatic heterocycles. The van der Waals surface area contributed by atoms with Gasteiger partial charge in [0.15, 0.2) is 5.96 Å². The summed E-state index contributed by atoms with van der Waals surface area (Å²) in [5.41, 5.74) is 0.516. The fraction of sp³-hybridized carbons (Fsp3) is 0.429. The van der Waals surface area contributed by atoms with E-state index in [2.05, 4.69) is 31.6 Å². The van der Waals surface area contributed by atoms with Crippen LogP contribution in [0.15, 0.2) is 33.7 Å². The second kappa shape index (κ2) is 4.63. The maximum Gasteiger partial charge on any atom is 0.252 e. The highest BCUT2D eigenvalue weighted by Crippen LogP contribution is 2.25. The van der Waals surface area contributed by atoms with E-state index in [0.717, 1.165) is 22.9 Å². The van der Waals surface area contributed by atoms with Gasteiger partial charge in [-0.05, 0) is 37.5 Å². The predicted molar refractivity (Wildman–Crippen MR) is 78.0 cm³/mol. The Hall–Kier alpha value is -1.36. The zero-order valence-corrected chi connectivity index (χ0v) is 12.3. The van der Waals surface area contributed by atoms with Crippen molar-refractivity contribution in [2.24, 2.45) is 4.99 Å². The number of nitrogens with one attached hydrogen (secondary N) is 2. The summed E-state index contributed by atoms with van der Waals surface area (Å²) in [6.07, 6.45) is 2.91. The standard InChI is InChI=1S/C14H16BrN3O/c1-14(8-9-2-4-10(15)5-3-9)12(19)17-13(18-14)16-11-6-7-11/h2-5,11H,6-8H2,1H3,(H2,16,17,18,19). The first kappa shape index (κ1) is 12.7. The second-order valence-electron chi connectivity index (χ2n) is 5.42. The highest BCUT2D eigenvalue weighted by Gasteiger charge is 2.41. The van der Waals surface area contributed by atoms with Crippen LogP contribution in [-0.2, 0) is 11.2 Å². The number of carbonyl (C=O) groups excluding carboxylic acids is 1. The van der Waals surface area contributed by atoms with E-state index in [4.69, 9.17) is 0 Å². The molecule has 1 amide bonds. The molecule has 1 saturated heterocycles. The monoisotopic (exact) mass is 321 g/mol. The van der Waals surface area contributed by atoms with Gasteiger partial charge in [-0.3, -0.25) is 10.1 Å². The normalized spacial score (nSPS) is 28.3. The van der Waals surface area contributed by atoms with Gasteiger partial charge in [-0.15, -0.1) is 0 Å². The van der Waals surface area contributed by atoms with Gasteiger partial charge in [0.05, 0.1) is 6.04 Å². The summed E-state index contributed by atoms with van der Waals surface area (Å²) in [4.78, 5) is 16.6. The molecule has 5 heteroatoms. The summed E-state index contributed by atoms with van der Waals surface area (Å²) >= 11 is 3.41. The van der Waals surface area contributed by atoms with Crippen LogP contribution in [0.5, 0.6) is 0 Å². The first-order valence-electron chi connectivity index (χ1n) is 6.47. The third kappa shape index (κ3) is 2.81. The van der Waals surface area contributed by atoms with Crippen molar-refractivity contribution < 1.29 is 4.79 Å². The number of benzene rings is 1. The van der Waals surface area contributed by atoms with Gasteiger partial charge in [-0.1, -0.05) is 28.1 Å². The van der Waals surface area contributed by atoms with E-state index < -0.39 is 5.54 Å². The predicted octanol–water partition coefficient (Wildman–Crippen LogP) is 1.99. The Bertz CT molecular complexity index is 536. The minimum atomic E-state index is -0.610. The third-order valence-corrected chi connectivity index (χ3v) is 3.99. The van der Waals surface area contributed by atoms with Crippen molar-refractivity contribution in [3.8, 4) is 0 Å². The Morgan fingerprint density at radius 3 is 2.68 bits per heavy atom. The summed E-state index contributed by atoms with van der Waals surface area (Å²) < 4.78 is 1.04.